The molecular formula is C23H21N7OS. The van der Waals surface area contributed by atoms with Crippen molar-refractivity contribution in [2.75, 3.05) is 11.1 Å². The largest absolute Gasteiger partial charge is 0.340 e. The van der Waals surface area contributed by atoms with Crippen molar-refractivity contribution in [1.82, 2.24) is 29.1 Å². The number of benzene rings is 2. The minimum Gasteiger partial charge on any atom is -0.340 e. The molecule has 0 aliphatic carbocycles. The molecule has 5 rings (SSSR count). The number of hydrogen-bond donors (Lipinski definition) is 1. The van der Waals surface area contributed by atoms with Crippen LogP contribution in [0.3, 0.4) is 0 Å². The van der Waals surface area contributed by atoms with Gasteiger partial charge in [-0.1, -0.05) is 42.1 Å². The normalized spacial score (nSPS) is 11.3. The maximum absolute atomic E-state index is 12.7. The SMILES string of the molecule is Cc1cc(Nc2ccccc2C)n2nc(SCCn3cnc4ccccc4c3=O)nc2n1. The number of nitrogens with one attached hydrogen (secondary N) is 1. The van der Waals surface area contributed by atoms with Gasteiger partial charge in [-0.15, -0.1) is 5.10 Å². The number of para-hydroxylation sites is 2. The first-order chi connectivity index (χ1) is 15.6. The van der Waals surface area contributed by atoms with Crippen molar-refractivity contribution in [2.45, 2.75) is 25.5 Å². The molecule has 0 spiro atoms. The van der Waals surface area contributed by atoms with Crippen LogP contribution in [0.15, 0.2) is 70.9 Å². The standard InChI is InChI=1S/C23H21N7OS/c1-15-7-3-5-9-18(15)26-20-13-16(2)25-22-27-23(28-30(20)22)32-12-11-29-14-24-19-10-6-4-8-17(19)21(29)31/h3-10,13-14,26H,11-12H2,1-2H3. The van der Waals surface area contributed by atoms with Gasteiger partial charge in [0.2, 0.25) is 5.16 Å². The molecule has 0 bridgehead atoms. The zero-order valence-electron chi connectivity index (χ0n) is 17.7. The number of aryl methyl sites for hydroxylation is 3. The topological polar surface area (TPSA) is 90.0 Å². The van der Waals surface area contributed by atoms with Gasteiger partial charge in [0, 0.05) is 29.7 Å². The highest BCUT2D eigenvalue weighted by atomic mass is 32.2. The summed E-state index contributed by atoms with van der Waals surface area (Å²) in [5.41, 5.74) is 3.66. The van der Waals surface area contributed by atoms with Crippen LogP contribution >= 0.6 is 11.8 Å². The Hall–Kier alpha value is -3.72. The van der Waals surface area contributed by atoms with Gasteiger partial charge in [-0.05, 0) is 37.6 Å². The van der Waals surface area contributed by atoms with E-state index in [1.807, 2.05) is 49.4 Å². The Labute approximate surface area is 188 Å². The summed E-state index contributed by atoms with van der Waals surface area (Å²) in [6.07, 6.45) is 1.59. The number of rotatable bonds is 6. The maximum atomic E-state index is 12.7. The summed E-state index contributed by atoms with van der Waals surface area (Å²) >= 11 is 1.48. The van der Waals surface area contributed by atoms with Crippen molar-refractivity contribution in [3.05, 3.63) is 82.5 Å². The predicted molar refractivity (Wildman–Crippen MR) is 127 cm³/mol. The molecule has 1 N–H and O–H groups in total. The summed E-state index contributed by atoms with van der Waals surface area (Å²) in [4.78, 5) is 26.1. The molecule has 3 aromatic heterocycles. The summed E-state index contributed by atoms with van der Waals surface area (Å²) in [7, 11) is 0. The summed E-state index contributed by atoms with van der Waals surface area (Å²) in [6, 6.07) is 17.4. The van der Waals surface area contributed by atoms with Crippen molar-refractivity contribution in [1.29, 1.82) is 0 Å². The van der Waals surface area contributed by atoms with E-state index in [0.29, 0.717) is 34.1 Å². The van der Waals surface area contributed by atoms with E-state index in [4.69, 9.17) is 0 Å². The number of aromatic nitrogens is 6. The van der Waals surface area contributed by atoms with Gasteiger partial charge in [-0.25, -0.2) is 9.97 Å². The van der Waals surface area contributed by atoms with E-state index in [1.165, 1.54) is 11.8 Å². The third-order valence-electron chi connectivity index (χ3n) is 5.12. The first-order valence-corrected chi connectivity index (χ1v) is 11.2. The summed E-state index contributed by atoms with van der Waals surface area (Å²) in [6.45, 7) is 4.50. The third kappa shape index (κ3) is 3.94. The molecule has 0 saturated heterocycles. The molecule has 0 fully saturated rings. The van der Waals surface area contributed by atoms with Crippen molar-refractivity contribution < 1.29 is 0 Å². The molecule has 160 valence electrons. The van der Waals surface area contributed by atoms with E-state index in [-0.39, 0.29) is 5.56 Å². The van der Waals surface area contributed by atoms with Crippen LogP contribution in [0, 0.1) is 13.8 Å². The average Bonchev–Trinajstić information content (AvgIpc) is 3.20. The molecule has 5 aromatic rings. The second kappa shape index (κ2) is 8.43. The molecule has 0 aliphatic rings. The Morgan fingerprint density at radius 2 is 1.84 bits per heavy atom. The molecular weight excluding hydrogens is 422 g/mol. The number of nitrogens with zero attached hydrogens (tertiary/aromatic N) is 6. The van der Waals surface area contributed by atoms with E-state index >= 15 is 0 Å². The number of thioether (sulfide) groups is 1. The monoisotopic (exact) mass is 443 g/mol. The molecule has 0 amide bonds. The lowest BCUT2D eigenvalue weighted by Gasteiger charge is -2.10. The molecule has 9 heteroatoms. The quantitative estimate of drug-likeness (QED) is 0.397. The average molecular weight is 444 g/mol. The van der Waals surface area contributed by atoms with Crippen LogP contribution in [-0.2, 0) is 6.54 Å². The lowest BCUT2D eigenvalue weighted by atomic mass is 10.2. The zero-order valence-corrected chi connectivity index (χ0v) is 18.5. The van der Waals surface area contributed by atoms with E-state index in [1.54, 1.807) is 21.5 Å². The molecule has 3 heterocycles. The number of fused-ring (bicyclic) bond motifs is 2. The highest BCUT2D eigenvalue weighted by molar-refractivity contribution is 7.99. The van der Waals surface area contributed by atoms with Gasteiger partial charge < -0.3 is 5.32 Å². The van der Waals surface area contributed by atoms with Crippen LogP contribution in [0.1, 0.15) is 11.3 Å². The number of hydrogen-bond acceptors (Lipinski definition) is 7. The molecule has 0 unspecified atom stereocenters. The fraction of sp³-hybridized carbons (Fsp3) is 0.174. The molecule has 32 heavy (non-hydrogen) atoms. The zero-order chi connectivity index (χ0) is 22.1. The summed E-state index contributed by atoms with van der Waals surface area (Å²) < 4.78 is 3.34. The van der Waals surface area contributed by atoms with Crippen LogP contribution in [0.2, 0.25) is 0 Å². The van der Waals surface area contributed by atoms with Gasteiger partial charge in [0.1, 0.15) is 5.82 Å². The first-order valence-electron chi connectivity index (χ1n) is 10.2. The Balaban J connectivity index is 1.36. The Morgan fingerprint density at radius 3 is 2.72 bits per heavy atom. The Bertz CT molecular complexity index is 1490. The first kappa shape index (κ1) is 20.2. The van der Waals surface area contributed by atoms with Crippen molar-refractivity contribution in [3.63, 3.8) is 0 Å². The summed E-state index contributed by atoms with van der Waals surface area (Å²) in [5, 5.41) is 9.29. The summed E-state index contributed by atoms with van der Waals surface area (Å²) in [5.74, 6) is 1.97. The molecule has 0 atom stereocenters. The van der Waals surface area contributed by atoms with Crippen LogP contribution in [0.4, 0.5) is 11.5 Å². The molecule has 2 aromatic carbocycles. The lowest BCUT2D eigenvalue weighted by Crippen LogP contribution is -2.21. The van der Waals surface area contributed by atoms with E-state index in [0.717, 1.165) is 22.8 Å². The minimum atomic E-state index is -0.0406. The van der Waals surface area contributed by atoms with Crippen molar-refractivity contribution in [3.8, 4) is 0 Å². The lowest BCUT2D eigenvalue weighted by molar-refractivity contribution is 0.724. The van der Waals surface area contributed by atoms with E-state index < -0.39 is 0 Å². The Morgan fingerprint density at radius 1 is 1.03 bits per heavy atom. The van der Waals surface area contributed by atoms with E-state index in [2.05, 4.69) is 38.4 Å². The fourth-order valence-electron chi connectivity index (χ4n) is 3.47. The van der Waals surface area contributed by atoms with Gasteiger partial charge in [-0.2, -0.15) is 9.50 Å². The van der Waals surface area contributed by atoms with Crippen LogP contribution in [0.5, 0.6) is 0 Å². The molecule has 0 radical (unpaired) electrons. The molecule has 8 nitrogen and oxygen atoms in total. The van der Waals surface area contributed by atoms with Crippen LogP contribution in [0.25, 0.3) is 16.7 Å². The maximum Gasteiger partial charge on any atom is 0.261 e. The van der Waals surface area contributed by atoms with Crippen molar-refractivity contribution >= 4 is 39.9 Å². The highest BCUT2D eigenvalue weighted by Gasteiger charge is 2.12. The van der Waals surface area contributed by atoms with Crippen LogP contribution < -0.4 is 10.9 Å². The van der Waals surface area contributed by atoms with Gasteiger partial charge in [0.15, 0.2) is 0 Å². The minimum absolute atomic E-state index is 0.0406. The molecule has 0 aliphatic heterocycles. The van der Waals surface area contributed by atoms with Gasteiger partial charge in [0.05, 0.1) is 17.2 Å². The van der Waals surface area contributed by atoms with Crippen molar-refractivity contribution in [2.24, 2.45) is 0 Å². The van der Waals surface area contributed by atoms with Crippen LogP contribution in [-0.4, -0.2) is 34.9 Å². The second-order valence-corrected chi connectivity index (χ2v) is 8.50. The highest BCUT2D eigenvalue weighted by Crippen LogP contribution is 2.23. The third-order valence-corrected chi connectivity index (χ3v) is 5.94. The second-order valence-electron chi connectivity index (χ2n) is 7.44. The predicted octanol–water partition coefficient (Wildman–Crippen LogP) is 3.99. The van der Waals surface area contributed by atoms with Gasteiger partial charge >= 0.3 is 0 Å². The van der Waals surface area contributed by atoms with Gasteiger partial charge in [-0.3, -0.25) is 9.36 Å². The Kier molecular flexibility index (Phi) is 5.32. The van der Waals surface area contributed by atoms with Gasteiger partial charge in [0.25, 0.3) is 11.3 Å². The number of anilines is 2. The smallest absolute Gasteiger partial charge is 0.261 e. The van der Waals surface area contributed by atoms with E-state index in [9.17, 15) is 4.79 Å². The fourth-order valence-corrected chi connectivity index (χ4v) is 4.23. The molecule has 0 saturated carbocycles.